The molecular weight excluding hydrogens is 330 g/mol. The number of nitrogens with one attached hydrogen (secondary N) is 1. The molecule has 0 aliphatic carbocycles. The SMILES string of the molecule is NCc1ccc(C(=O)Nc2cc(Br)c(F)cc2F)cc1. The van der Waals surface area contributed by atoms with E-state index < -0.39 is 17.5 Å². The predicted octanol–water partition coefficient (Wildman–Crippen LogP) is 3.44. The van der Waals surface area contributed by atoms with Crippen molar-refractivity contribution in [2.75, 3.05) is 5.32 Å². The predicted molar refractivity (Wildman–Crippen MR) is 76.3 cm³/mol. The van der Waals surface area contributed by atoms with Crippen molar-refractivity contribution in [3.63, 3.8) is 0 Å². The zero-order chi connectivity index (χ0) is 14.7. The van der Waals surface area contributed by atoms with Crippen LogP contribution in [0.2, 0.25) is 0 Å². The van der Waals surface area contributed by atoms with Gasteiger partial charge in [-0.1, -0.05) is 12.1 Å². The summed E-state index contributed by atoms with van der Waals surface area (Å²) in [6, 6.07) is 8.49. The van der Waals surface area contributed by atoms with E-state index in [1.54, 1.807) is 24.3 Å². The maximum Gasteiger partial charge on any atom is 0.255 e. The molecule has 3 N–H and O–H groups in total. The van der Waals surface area contributed by atoms with Crippen molar-refractivity contribution in [1.82, 2.24) is 0 Å². The maximum absolute atomic E-state index is 13.5. The molecule has 0 aromatic heterocycles. The maximum atomic E-state index is 13.5. The van der Waals surface area contributed by atoms with E-state index in [4.69, 9.17) is 5.73 Å². The molecule has 0 heterocycles. The largest absolute Gasteiger partial charge is 0.326 e. The van der Waals surface area contributed by atoms with Crippen molar-refractivity contribution >= 4 is 27.5 Å². The summed E-state index contributed by atoms with van der Waals surface area (Å²) >= 11 is 2.94. The molecule has 6 heteroatoms. The fraction of sp³-hybridized carbons (Fsp3) is 0.0714. The number of benzene rings is 2. The van der Waals surface area contributed by atoms with E-state index in [9.17, 15) is 13.6 Å². The third-order valence-corrected chi connectivity index (χ3v) is 3.32. The highest BCUT2D eigenvalue weighted by molar-refractivity contribution is 9.10. The van der Waals surface area contributed by atoms with Crippen LogP contribution in [0.25, 0.3) is 0 Å². The second-order valence-electron chi connectivity index (χ2n) is 4.10. The number of hydrogen-bond acceptors (Lipinski definition) is 2. The number of hydrogen-bond donors (Lipinski definition) is 2. The summed E-state index contributed by atoms with van der Waals surface area (Å²) in [5, 5.41) is 2.39. The Morgan fingerprint density at radius 3 is 2.40 bits per heavy atom. The fourth-order valence-electron chi connectivity index (χ4n) is 1.61. The summed E-state index contributed by atoms with van der Waals surface area (Å²) in [6.45, 7) is 0.376. The van der Waals surface area contributed by atoms with Gasteiger partial charge in [0, 0.05) is 18.2 Å². The molecule has 104 valence electrons. The Labute approximate surface area is 122 Å². The topological polar surface area (TPSA) is 55.1 Å². The normalized spacial score (nSPS) is 10.4. The van der Waals surface area contributed by atoms with Gasteiger partial charge in [-0.05, 0) is 39.7 Å². The monoisotopic (exact) mass is 340 g/mol. The standard InChI is InChI=1S/C14H11BrF2N2O/c15-10-5-13(12(17)6-11(10)16)19-14(20)9-3-1-8(7-18)2-4-9/h1-6H,7,18H2,(H,19,20). The van der Waals surface area contributed by atoms with Crippen LogP contribution in [0.5, 0.6) is 0 Å². The van der Waals surface area contributed by atoms with Gasteiger partial charge in [-0.15, -0.1) is 0 Å². The number of carbonyl (C=O) groups is 1. The van der Waals surface area contributed by atoms with E-state index in [1.807, 2.05) is 0 Å². The lowest BCUT2D eigenvalue weighted by Gasteiger charge is -2.08. The zero-order valence-corrected chi connectivity index (χ0v) is 11.9. The van der Waals surface area contributed by atoms with E-state index >= 15 is 0 Å². The molecule has 3 nitrogen and oxygen atoms in total. The molecule has 0 fully saturated rings. The van der Waals surface area contributed by atoms with Crippen LogP contribution in [0.1, 0.15) is 15.9 Å². The minimum Gasteiger partial charge on any atom is -0.326 e. The lowest BCUT2D eigenvalue weighted by Crippen LogP contribution is -2.13. The highest BCUT2D eigenvalue weighted by Crippen LogP contribution is 2.24. The Balaban J connectivity index is 2.20. The van der Waals surface area contributed by atoms with E-state index in [1.165, 1.54) is 6.07 Å². The average Bonchev–Trinajstić information content (AvgIpc) is 2.44. The van der Waals surface area contributed by atoms with Crippen LogP contribution in [0.3, 0.4) is 0 Å². The molecule has 2 aromatic rings. The lowest BCUT2D eigenvalue weighted by molar-refractivity contribution is 0.102. The molecule has 0 saturated heterocycles. The second-order valence-corrected chi connectivity index (χ2v) is 4.96. The third-order valence-electron chi connectivity index (χ3n) is 2.71. The van der Waals surface area contributed by atoms with Crippen molar-refractivity contribution in [2.24, 2.45) is 5.73 Å². The molecule has 0 saturated carbocycles. The van der Waals surface area contributed by atoms with E-state index in [0.29, 0.717) is 18.2 Å². The molecule has 1 amide bonds. The molecule has 2 rings (SSSR count). The molecule has 20 heavy (non-hydrogen) atoms. The van der Waals surface area contributed by atoms with Crippen LogP contribution < -0.4 is 11.1 Å². The fourth-order valence-corrected chi connectivity index (χ4v) is 1.95. The number of anilines is 1. The third kappa shape index (κ3) is 3.20. The van der Waals surface area contributed by atoms with Gasteiger partial charge in [0.05, 0.1) is 10.2 Å². The van der Waals surface area contributed by atoms with Gasteiger partial charge in [0.25, 0.3) is 5.91 Å². The Kier molecular flexibility index (Phi) is 4.46. The summed E-state index contributed by atoms with van der Waals surface area (Å²) in [5.41, 5.74) is 6.62. The van der Waals surface area contributed by atoms with Gasteiger partial charge in [0.15, 0.2) is 0 Å². The van der Waals surface area contributed by atoms with E-state index in [2.05, 4.69) is 21.2 Å². The van der Waals surface area contributed by atoms with Crippen LogP contribution in [-0.2, 0) is 6.54 Å². The minimum absolute atomic E-state index is 0.0766. The van der Waals surface area contributed by atoms with Crippen LogP contribution >= 0.6 is 15.9 Å². The van der Waals surface area contributed by atoms with Crippen molar-refractivity contribution in [3.05, 3.63) is 63.6 Å². The zero-order valence-electron chi connectivity index (χ0n) is 10.3. The van der Waals surface area contributed by atoms with Crippen LogP contribution in [-0.4, -0.2) is 5.91 Å². The molecule has 0 unspecified atom stereocenters. The summed E-state index contributed by atoms with van der Waals surface area (Å²) in [5.74, 6) is -2.04. The molecule has 0 aliphatic heterocycles. The van der Waals surface area contributed by atoms with Crippen molar-refractivity contribution in [1.29, 1.82) is 0 Å². The Morgan fingerprint density at radius 1 is 1.15 bits per heavy atom. The molecule has 0 radical (unpaired) electrons. The van der Waals surface area contributed by atoms with Crippen molar-refractivity contribution in [2.45, 2.75) is 6.54 Å². The number of amides is 1. The average molecular weight is 341 g/mol. The van der Waals surface area contributed by atoms with Gasteiger partial charge in [-0.3, -0.25) is 4.79 Å². The van der Waals surface area contributed by atoms with Gasteiger partial charge in [0.1, 0.15) is 11.6 Å². The summed E-state index contributed by atoms with van der Waals surface area (Å²) in [7, 11) is 0. The second kappa shape index (κ2) is 6.11. The van der Waals surface area contributed by atoms with Gasteiger partial charge < -0.3 is 11.1 Å². The highest BCUT2D eigenvalue weighted by Gasteiger charge is 2.12. The Bertz CT molecular complexity index is 644. The summed E-state index contributed by atoms with van der Waals surface area (Å²) in [6.07, 6.45) is 0. The molecule has 0 atom stereocenters. The number of carbonyl (C=O) groups excluding carboxylic acids is 1. The molecule has 0 spiro atoms. The van der Waals surface area contributed by atoms with E-state index in [0.717, 1.165) is 5.56 Å². The van der Waals surface area contributed by atoms with Crippen molar-refractivity contribution in [3.8, 4) is 0 Å². The van der Waals surface area contributed by atoms with Crippen LogP contribution in [0.15, 0.2) is 40.9 Å². The quantitative estimate of drug-likeness (QED) is 0.841. The Morgan fingerprint density at radius 2 is 1.80 bits per heavy atom. The number of halogens is 3. The summed E-state index contributed by atoms with van der Waals surface area (Å²) < 4.78 is 26.7. The number of nitrogens with two attached hydrogens (primary N) is 1. The molecule has 2 aromatic carbocycles. The summed E-state index contributed by atoms with van der Waals surface area (Å²) in [4.78, 5) is 11.9. The molecular formula is C14H11BrF2N2O. The minimum atomic E-state index is -0.836. The van der Waals surface area contributed by atoms with Crippen molar-refractivity contribution < 1.29 is 13.6 Å². The Hall–Kier alpha value is -1.79. The highest BCUT2D eigenvalue weighted by atomic mass is 79.9. The lowest BCUT2D eigenvalue weighted by atomic mass is 10.1. The van der Waals surface area contributed by atoms with Gasteiger partial charge in [0.2, 0.25) is 0 Å². The first-order valence-corrected chi connectivity index (χ1v) is 6.55. The van der Waals surface area contributed by atoms with Gasteiger partial charge in [-0.25, -0.2) is 8.78 Å². The molecule has 0 bridgehead atoms. The van der Waals surface area contributed by atoms with Gasteiger partial charge >= 0.3 is 0 Å². The molecule has 0 aliphatic rings. The first-order chi connectivity index (χ1) is 9.51. The van der Waals surface area contributed by atoms with E-state index in [-0.39, 0.29) is 10.2 Å². The van der Waals surface area contributed by atoms with Crippen LogP contribution in [0.4, 0.5) is 14.5 Å². The first kappa shape index (κ1) is 14.6. The first-order valence-electron chi connectivity index (χ1n) is 5.76. The van der Waals surface area contributed by atoms with Crippen LogP contribution in [0, 0.1) is 11.6 Å². The number of rotatable bonds is 3. The smallest absolute Gasteiger partial charge is 0.255 e. The van der Waals surface area contributed by atoms with Gasteiger partial charge in [-0.2, -0.15) is 0 Å².